The summed E-state index contributed by atoms with van der Waals surface area (Å²) in [4.78, 5) is 26.3. The van der Waals surface area contributed by atoms with E-state index in [-0.39, 0.29) is 18.1 Å². The van der Waals surface area contributed by atoms with Gasteiger partial charge in [-0.2, -0.15) is 0 Å². The molecule has 130 valence electrons. The molecule has 2 N–H and O–H groups in total. The van der Waals surface area contributed by atoms with E-state index < -0.39 is 11.8 Å². The number of fused-ring (bicyclic) bond motifs is 1. The zero-order valence-electron chi connectivity index (χ0n) is 14.0. The number of amides is 2. The summed E-state index contributed by atoms with van der Waals surface area (Å²) in [7, 11) is 0. The van der Waals surface area contributed by atoms with Gasteiger partial charge in [0.15, 0.2) is 11.5 Å². The van der Waals surface area contributed by atoms with Crippen LogP contribution in [0.15, 0.2) is 65.2 Å². The van der Waals surface area contributed by atoms with Crippen LogP contribution in [0.5, 0.6) is 0 Å². The van der Waals surface area contributed by atoms with Crippen molar-refractivity contribution < 1.29 is 14.1 Å². The Balaban J connectivity index is 1.67. The fraction of sp³-hybridized carbons (Fsp3) is 0.150. The van der Waals surface area contributed by atoms with Gasteiger partial charge in [0.05, 0.1) is 5.92 Å². The summed E-state index contributed by atoms with van der Waals surface area (Å²) >= 11 is 0. The summed E-state index contributed by atoms with van der Waals surface area (Å²) in [5, 5.41) is 3.93. The van der Waals surface area contributed by atoms with Gasteiger partial charge >= 0.3 is 0 Å². The minimum absolute atomic E-state index is 0.198. The fourth-order valence-corrected chi connectivity index (χ4v) is 3.23. The minimum Gasteiger partial charge on any atom is -0.369 e. The number of para-hydroxylation sites is 1. The maximum Gasteiger partial charge on any atom is 0.280 e. The highest BCUT2D eigenvalue weighted by Gasteiger charge is 2.32. The first-order valence-electron chi connectivity index (χ1n) is 8.34. The lowest BCUT2D eigenvalue weighted by molar-refractivity contribution is -0.121. The van der Waals surface area contributed by atoms with Crippen LogP contribution >= 0.6 is 0 Å². The quantitative estimate of drug-likeness (QED) is 0.789. The van der Waals surface area contributed by atoms with Gasteiger partial charge in [-0.3, -0.25) is 9.59 Å². The number of primary amides is 1. The summed E-state index contributed by atoms with van der Waals surface area (Å²) in [5.74, 6) is -0.628. The fourth-order valence-electron chi connectivity index (χ4n) is 3.23. The largest absolute Gasteiger partial charge is 0.369 e. The number of benzene rings is 2. The van der Waals surface area contributed by atoms with Crippen molar-refractivity contribution >= 4 is 17.5 Å². The zero-order chi connectivity index (χ0) is 18.1. The lowest BCUT2D eigenvalue weighted by atomic mass is 9.91. The molecule has 0 spiro atoms. The first-order chi connectivity index (χ1) is 12.6. The van der Waals surface area contributed by atoms with E-state index in [1.807, 2.05) is 54.6 Å². The molecule has 2 aromatic carbocycles. The van der Waals surface area contributed by atoms with Crippen molar-refractivity contribution in [3.63, 3.8) is 0 Å². The Morgan fingerprint density at radius 3 is 2.58 bits per heavy atom. The second-order valence-corrected chi connectivity index (χ2v) is 6.29. The van der Waals surface area contributed by atoms with Gasteiger partial charge in [-0.15, -0.1) is 0 Å². The van der Waals surface area contributed by atoms with Gasteiger partial charge in [0.1, 0.15) is 0 Å². The Morgan fingerprint density at radius 1 is 1.08 bits per heavy atom. The van der Waals surface area contributed by atoms with E-state index in [1.54, 1.807) is 11.0 Å². The van der Waals surface area contributed by atoms with E-state index in [2.05, 4.69) is 5.16 Å². The molecule has 1 atom stereocenters. The second kappa shape index (κ2) is 6.48. The van der Waals surface area contributed by atoms with E-state index in [0.717, 1.165) is 16.8 Å². The van der Waals surface area contributed by atoms with Crippen LogP contribution in [0.1, 0.15) is 16.1 Å². The highest BCUT2D eigenvalue weighted by Crippen LogP contribution is 2.31. The van der Waals surface area contributed by atoms with E-state index in [0.29, 0.717) is 12.2 Å². The molecule has 1 aromatic heterocycles. The van der Waals surface area contributed by atoms with Crippen molar-refractivity contribution in [2.45, 2.75) is 6.42 Å². The number of hydrogen-bond donors (Lipinski definition) is 1. The molecule has 0 saturated heterocycles. The Kier molecular flexibility index (Phi) is 4.01. The molecule has 1 aliphatic heterocycles. The number of carbonyl (C=O) groups excluding carboxylic acids is 2. The Bertz CT molecular complexity index is 965. The molecule has 0 aliphatic carbocycles. The summed E-state index contributed by atoms with van der Waals surface area (Å²) in [6, 6.07) is 18.6. The van der Waals surface area contributed by atoms with Gasteiger partial charge in [-0.1, -0.05) is 53.7 Å². The molecular weight excluding hydrogens is 330 g/mol. The van der Waals surface area contributed by atoms with Crippen molar-refractivity contribution in [2.75, 3.05) is 11.4 Å². The average molecular weight is 347 g/mol. The maximum absolute atomic E-state index is 13.0. The van der Waals surface area contributed by atoms with Gasteiger partial charge in [-0.25, -0.2) is 0 Å². The summed E-state index contributed by atoms with van der Waals surface area (Å²) < 4.78 is 5.34. The molecule has 0 fully saturated rings. The number of nitrogens with zero attached hydrogens (tertiary/aromatic N) is 2. The van der Waals surface area contributed by atoms with E-state index >= 15 is 0 Å². The third-order valence-electron chi connectivity index (χ3n) is 4.59. The minimum atomic E-state index is -0.422. The average Bonchev–Trinajstić information content (AvgIpc) is 3.17. The number of rotatable bonds is 3. The van der Waals surface area contributed by atoms with Crippen molar-refractivity contribution in [3.05, 3.63) is 71.9 Å². The van der Waals surface area contributed by atoms with Crippen LogP contribution in [0.3, 0.4) is 0 Å². The molecule has 2 amide bonds. The smallest absolute Gasteiger partial charge is 0.280 e. The first-order valence-corrected chi connectivity index (χ1v) is 8.34. The van der Waals surface area contributed by atoms with Crippen molar-refractivity contribution in [2.24, 2.45) is 11.7 Å². The molecular formula is C20H17N3O3. The standard InChI is InChI=1S/C20H17N3O3/c21-19(24)15-10-14-8-4-5-9-17(14)23(12-15)20(25)16-11-18(26-22-16)13-6-2-1-3-7-13/h1-9,11,15H,10,12H2,(H2,21,24)/t15-/m0/s1. The molecule has 6 heteroatoms. The number of hydrogen-bond acceptors (Lipinski definition) is 4. The van der Waals surface area contributed by atoms with E-state index in [9.17, 15) is 9.59 Å². The number of nitrogens with two attached hydrogens (primary N) is 1. The van der Waals surface area contributed by atoms with Crippen LogP contribution in [0.2, 0.25) is 0 Å². The van der Waals surface area contributed by atoms with Gasteiger partial charge < -0.3 is 15.2 Å². The molecule has 2 heterocycles. The first kappa shape index (κ1) is 16.1. The highest BCUT2D eigenvalue weighted by atomic mass is 16.5. The molecule has 0 bridgehead atoms. The molecule has 26 heavy (non-hydrogen) atoms. The maximum atomic E-state index is 13.0. The predicted molar refractivity (Wildman–Crippen MR) is 96.4 cm³/mol. The lowest BCUT2D eigenvalue weighted by Crippen LogP contribution is -2.44. The van der Waals surface area contributed by atoms with Crippen LogP contribution in [-0.4, -0.2) is 23.5 Å². The molecule has 3 aromatic rings. The normalized spacial score (nSPS) is 16.2. The molecule has 1 aliphatic rings. The van der Waals surface area contributed by atoms with E-state index in [1.165, 1.54) is 0 Å². The van der Waals surface area contributed by atoms with Gasteiger partial charge in [0, 0.05) is 23.9 Å². The van der Waals surface area contributed by atoms with Crippen LogP contribution in [0.25, 0.3) is 11.3 Å². The molecule has 0 unspecified atom stereocenters. The van der Waals surface area contributed by atoms with Crippen molar-refractivity contribution in [1.82, 2.24) is 5.16 Å². The molecule has 4 rings (SSSR count). The zero-order valence-corrected chi connectivity index (χ0v) is 14.0. The molecule has 0 saturated carbocycles. The lowest BCUT2D eigenvalue weighted by Gasteiger charge is -2.32. The summed E-state index contributed by atoms with van der Waals surface area (Å²) in [5.41, 5.74) is 8.23. The van der Waals surface area contributed by atoms with Gasteiger partial charge in [0.25, 0.3) is 5.91 Å². The summed E-state index contributed by atoms with van der Waals surface area (Å²) in [6.07, 6.45) is 0.531. The Morgan fingerprint density at radius 2 is 1.81 bits per heavy atom. The third kappa shape index (κ3) is 2.86. The SMILES string of the molecule is NC(=O)[C@H]1Cc2ccccc2N(C(=O)c2cc(-c3ccccc3)on2)C1. The number of carbonyl (C=O) groups is 2. The summed E-state index contributed by atoms with van der Waals surface area (Å²) in [6.45, 7) is 0.235. The predicted octanol–water partition coefficient (Wildman–Crippen LogP) is 2.65. The Labute approximate surface area is 150 Å². The van der Waals surface area contributed by atoms with Crippen LogP contribution in [0.4, 0.5) is 5.69 Å². The number of anilines is 1. The second-order valence-electron chi connectivity index (χ2n) is 6.29. The monoisotopic (exact) mass is 347 g/mol. The van der Waals surface area contributed by atoms with Crippen molar-refractivity contribution in [3.8, 4) is 11.3 Å². The Hall–Kier alpha value is -3.41. The van der Waals surface area contributed by atoms with Crippen molar-refractivity contribution in [1.29, 1.82) is 0 Å². The van der Waals surface area contributed by atoms with Crippen LogP contribution in [-0.2, 0) is 11.2 Å². The van der Waals surface area contributed by atoms with Crippen LogP contribution in [0, 0.1) is 5.92 Å². The van der Waals surface area contributed by atoms with Crippen LogP contribution < -0.4 is 10.6 Å². The van der Waals surface area contributed by atoms with Gasteiger partial charge in [-0.05, 0) is 18.1 Å². The number of aromatic nitrogens is 1. The topological polar surface area (TPSA) is 89.4 Å². The van der Waals surface area contributed by atoms with E-state index in [4.69, 9.17) is 10.3 Å². The van der Waals surface area contributed by atoms with Gasteiger partial charge in [0.2, 0.25) is 5.91 Å². The molecule has 6 nitrogen and oxygen atoms in total. The highest BCUT2D eigenvalue weighted by molar-refractivity contribution is 6.06. The third-order valence-corrected chi connectivity index (χ3v) is 4.59. The molecule has 0 radical (unpaired) electrons.